The standard InChI is InChI=1S/C13H12BrN3O3/c1-8-6-17(13(20)16-12(8)19)7-11(18)4-10-3-2-9(14)5-15-10/h2-3,5-6H,4,7H2,1H3,(H,16,19,20). The lowest BCUT2D eigenvalue weighted by Crippen LogP contribution is -2.33. The molecule has 0 aliphatic carbocycles. The Bertz CT molecular complexity index is 747. The quantitative estimate of drug-likeness (QED) is 0.894. The molecule has 2 heterocycles. The fourth-order valence-electron chi connectivity index (χ4n) is 1.69. The van der Waals surface area contributed by atoms with Crippen LogP contribution in [0, 0.1) is 6.92 Å². The number of nitrogens with one attached hydrogen (secondary N) is 1. The number of hydrogen-bond acceptors (Lipinski definition) is 4. The monoisotopic (exact) mass is 337 g/mol. The molecular weight excluding hydrogens is 326 g/mol. The van der Waals surface area contributed by atoms with Crippen LogP contribution in [0.5, 0.6) is 0 Å². The molecule has 2 aromatic rings. The summed E-state index contributed by atoms with van der Waals surface area (Å²) in [6.07, 6.45) is 3.13. The summed E-state index contributed by atoms with van der Waals surface area (Å²) in [5, 5.41) is 0. The highest BCUT2D eigenvalue weighted by molar-refractivity contribution is 9.10. The van der Waals surface area contributed by atoms with E-state index in [1.54, 1.807) is 25.3 Å². The fourth-order valence-corrected chi connectivity index (χ4v) is 1.93. The number of pyridine rings is 1. The molecule has 20 heavy (non-hydrogen) atoms. The van der Waals surface area contributed by atoms with E-state index >= 15 is 0 Å². The van der Waals surface area contributed by atoms with Crippen molar-refractivity contribution >= 4 is 21.7 Å². The van der Waals surface area contributed by atoms with Gasteiger partial charge >= 0.3 is 5.69 Å². The Morgan fingerprint density at radius 3 is 2.80 bits per heavy atom. The predicted octanol–water partition coefficient (Wildman–Crippen LogP) is 0.814. The number of carbonyl (C=O) groups is 1. The van der Waals surface area contributed by atoms with Crippen LogP contribution in [0.15, 0.2) is 38.6 Å². The van der Waals surface area contributed by atoms with Crippen molar-refractivity contribution in [1.29, 1.82) is 0 Å². The molecule has 0 bridgehead atoms. The number of Topliss-reactive ketones (excluding diaryl/α,β-unsaturated/α-hetero) is 1. The van der Waals surface area contributed by atoms with Crippen LogP contribution in [0.25, 0.3) is 0 Å². The smallest absolute Gasteiger partial charge is 0.297 e. The van der Waals surface area contributed by atoms with Gasteiger partial charge in [-0.15, -0.1) is 0 Å². The van der Waals surface area contributed by atoms with Crippen molar-refractivity contribution in [2.45, 2.75) is 19.9 Å². The number of ketones is 1. The third kappa shape index (κ3) is 3.51. The maximum absolute atomic E-state index is 11.9. The first-order valence-electron chi connectivity index (χ1n) is 5.88. The second kappa shape index (κ2) is 5.96. The summed E-state index contributed by atoms with van der Waals surface area (Å²) in [5.74, 6) is -0.159. The van der Waals surface area contributed by atoms with Crippen LogP contribution < -0.4 is 11.2 Å². The van der Waals surface area contributed by atoms with Crippen LogP contribution in [0.3, 0.4) is 0 Å². The molecule has 0 aromatic carbocycles. The fraction of sp³-hybridized carbons (Fsp3) is 0.231. The van der Waals surface area contributed by atoms with Crippen molar-refractivity contribution in [3.05, 3.63) is 61.1 Å². The van der Waals surface area contributed by atoms with E-state index < -0.39 is 11.2 Å². The molecule has 0 saturated carbocycles. The Kier molecular flexibility index (Phi) is 4.29. The minimum absolute atomic E-state index is 0.0891. The van der Waals surface area contributed by atoms with Crippen molar-refractivity contribution in [2.75, 3.05) is 0 Å². The van der Waals surface area contributed by atoms with Crippen LogP contribution in [-0.2, 0) is 17.8 Å². The Morgan fingerprint density at radius 2 is 2.15 bits per heavy atom. The van der Waals surface area contributed by atoms with Crippen molar-refractivity contribution in [2.24, 2.45) is 0 Å². The number of aromatic amines is 1. The maximum Gasteiger partial charge on any atom is 0.328 e. The van der Waals surface area contributed by atoms with E-state index in [2.05, 4.69) is 25.9 Å². The molecule has 1 N–H and O–H groups in total. The van der Waals surface area contributed by atoms with E-state index in [-0.39, 0.29) is 18.7 Å². The van der Waals surface area contributed by atoms with Gasteiger partial charge < -0.3 is 0 Å². The highest BCUT2D eigenvalue weighted by Gasteiger charge is 2.08. The molecule has 7 heteroatoms. The van der Waals surface area contributed by atoms with E-state index in [0.29, 0.717) is 11.3 Å². The number of hydrogen-bond donors (Lipinski definition) is 1. The summed E-state index contributed by atoms with van der Waals surface area (Å²) < 4.78 is 2.03. The number of rotatable bonds is 4. The van der Waals surface area contributed by atoms with Gasteiger partial charge in [-0.25, -0.2) is 4.79 Å². The van der Waals surface area contributed by atoms with Crippen LogP contribution in [0.1, 0.15) is 11.3 Å². The van der Waals surface area contributed by atoms with Gasteiger partial charge in [-0.05, 0) is 35.0 Å². The van der Waals surface area contributed by atoms with Crippen LogP contribution in [-0.4, -0.2) is 20.3 Å². The van der Waals surface area contributed by atoms with E-state index in [1.165, 1.54) is 10.8 Å². The Morgan fingerprint density at radius 1 is 1.40 bits per heavy atom. The molecule has 0 amide bonds. The summed E-state index contributed by atoms with van der Waals surface area (Å²) in [5.41, 5.74) is -0.00227. The van der Waals surface area contributed by atoms with Crippen LogP contribution in [0.4, 0.5) is 0 Å². The number of halogens is 1. The van der Waals surface area contributed by atoms with E-state index in [4.69, 9.17) is 0 Å². The lowest BCUT2D eigenvalue weighted by atomic mass is 10.2. The van der Waals surface area contributed by atoms with Gasteiger partial charge in [0.05, 0.1) is 13.0 Å². The van der Waals surface area contributed by atoms with E-state index in [9.17, 15) is 14.4 Å². The SMILES string of the molecule is Cc1cn(CC(=O)Cc2ccc(Br)cn2)c(=O)[nH]c1=O. The zero-order valence-corrected chi connectivity index (χ0v) is 12.3. The van der Waals surface area contributed by atoms with Crippen LogP contribution in [0.2, 0.25) is 0 Å². The second-order valence-electron chi connectivity index (χ2n) is 4.38. The molecule has 0 spiro atoms. The van der Waals surface area contributed by atoms with Gasteiger partial charge in [0.1, 0.15) is 0 Å². The van der Waals surface area contributed by atoms with Crippen molar-refractivity contribution in [3.8, 4) is 0 Å². The van der Waals surface area contributed by atoms with Crippen molar-refractivity contribution in [3.63, 3.8) is 0 Å². The minimum atomic E-state index is -0.585. The molecule has 2 rings (SSSR count). The van der Waals surface area contributed by atoms with Gasteiger partial charge in [0.15, 0.2) is 5.78 Å². The molecule has 0 saturated heterocycles. The molecule has 0 atom stereocenters. The third-order valence-electron chi connectivity index (χ3n) is 2.70. The molecule has 0 aliphatic rings. The zero-order chi connectivity index (χ0) is 14.7. The van der Waals surface area contributed by atoms with Crippen LogP contribution >= 0.6 is 15.9 Å². The maximum atomic E-state index is 11.9. The topological polar surface area (TPSA) is 84.8 Å². The van der Waals surface area contributed by atoms with Gasteiger partial charge in [0, 0.05) is 28.1 Å². The van der Waals surface area contributed by atoms with Gasteiger partial charge in [-0.1, -0.05) is 0 Å². The predicted molar refractivity (Wildman–Crippen MR) is 76.7 cm³/mol. The molecule has 6 nitrogen and oxygen atoms in total. The van der Waals surface area contributed by atoms with E-state index in [1.807, 2.05) is 0 Å². The number of H-pyrrole nitrogens is 1. The normalized spacial score (nSPS) is 10.5. The average molecular weight is 338 g/mol. The average Bonchev–Trinajstić information content (AvgIpc) is 2.39. The first-order valence-corrected chi connectivity index (χ1v) is 6.67. The van der Waals surface area contributed by atoms with Crippen molar-refractivity contribution < 1.29 is 4.79 Å². The molecule has 0 unspecified atom stereocenters. The largest absolute Gasteiger partial charge is 0.328 e. The third-order valence-corrected chi connectivity index (χ3v) is 3.17. The number of nitrogens with zero attached hydrogens (tertiary/aromatic N) is 2. The first kappa shape index (κ1) is 14.4. The molecule has 0 aliphatic heterocycles. The number of aryl methyl sites for hydroxylation is 1. The Balaban J connectivity index is 2.12. The molecule has 0 fully saturated rings. The molecular formula is C13H12BrN3O3. The summed E-state index contributed by atoms with van der Waals surface area (Å²) in [7, 11) is 0. The molecule has 104 valence electrons. The lowest BCUT2D eigenvalue weighted by Gasteiger charge is -2.05. The number of aromatic nitrogens is 3. The van der Waals surface area contributed by atoms with E-state index in [0.717, 1.165) is 4.47 Å². The van der Waals surface area contributed by atoms with Crippen molar-refractivity contribution in [1.82, 2.24) is 14.5 Å². The Labute approximate surface area is 122 Å². The van der Waals surface area contributed by atoms with Gasteiger partial charge in [0.25, 0.3) is 5.56 Å². The van der Waals surface area contributed by atoms with Gasteiger partial charge in [-0.3, -0.25) is 24.1 Å². The highest BCUT2D eigenvalue weighted by Crippen LogP contribution is 2.08. The van der Waals surface area contributed by atoms with Gasteiger partial charge in [-0.2, -0.15) is 0 Å². The minimum Gasteiger partial charge on any atom is -0.297 e. The summed E-state index contributed by atoms with van der Waals surface area (Å²) in [4.78, 5) is 41.0. The van der Waals surface area contributed by atoms with Gasteiger partial charge in [0.2, 0.25) is 0 Å². The summed E-state index contributed by atoms with van der Waals surface area (Å²) in [6.45, 7) is 1.49. The second-order valence-corrected chi connectivity index (χ2v) is 5.30. The summed E-state index contributed by atoms with van der Waals surface area (Å²) >= 11 is 3.26. The summed E-state index contributed by atoms with van der Waals surface area (Å²) in [6, 6.07) is 3.54. The Hall–Kier alpha value is -2.02. The highest BCUT2D eigenvalue weighted by atomic mass is 79.9. The lowest BCUT2D eigenvalue weighted by molar-refractivity contribution is -0.119. The first-order chi connectivity index (χ1) is 9.45. The zero-order valence-electron chi connectivity index (χ0n) is 10.7. The number of carbonyl (C=O) groups excluding carboxylic acids is 1. The molecule has 2 aromatic heterocycles. The molecule has 0 radical (unpaired) electrons.